The highest BCUT2D eigenvalue weighted by atomic mass is 32.2. The minimum Gasteiger partial charge on any atom is -0.497 e. The van der Waals surface area contributed by atoms with E-state index >= 15 is 0 Å². The molecule has 1 saturated heterocycles. The second-order valence-corrected chi connectivity index (χ2v) is 8.37. The fraction of sp³-hybridized carbons (Fsp3) is 0.474. The maximum absolute atomic E-state index is 12.5. The molecule has 1 aliphatic heterocycles. The number of aryl methyl sites for hydroxylation is 1. The van der Waals surface area contributed by atoms with E-state index in [2.05, 4.69) is 9.62 Å². The summed E-state index contributed by atoms with van der Waals surface area (Å²) >= 11 is 0. The van der Waals surface area contributed by atoms with Crippen LogP contribution in [-0.4, -0.2) is 59.0 Å². The Hall–Kier alpha value is -1.87. The van der Waals surface area contributed by atoms with Crippen LogP contribution >= 0.6 is 0 Å². The quantitative estimate of drug-likeness (QED) is 0.699. The molecule has 1 atom stereocenters. The first-order valence-electron chi connectivity index (χ1n) is 9.03. The van der Waals surface area contributed by atoms with Crippen molar-refractivity contribution in [3.05, 3.63) is 54.0 Å². The monoisotopic (exact) mass is 394 g/mol. The third-order valence-corrected chi connectivity index (χ3v) is 6.00. The molecule has 1 aliphatic rings. The van der Waals surface area contributed by atoms with Crippen LogP contribution in [0.1, 0.15) is 17.4 Å². The van der Waals surface area contributed by atoms with Gasteiger partial charge in [-0.2, -0.15) is 0 Å². The lowest BCUT2D eigenvalue weighted by Gasteiger charge is -2.33. The summed E-state index contributed by atoms with van der Waals surface area (Å²) in [7, 11) is -1.82. The van der Waals surface area contributed by atoms with Gasteiger partial charge in [-0.05, 0) is 36.2 Å². The average Bonchev–Trinajstić information content (AvgIpc) is 3.22. The molecule has 1 N–H and O–H groups in total. The number of benzene rings is 1. The fourth-order valence-corrected chi connectivity index (χ4v) is 4.20. The van der Waals surface area contributed by atoms with Crippen molar-refractivity contribution < 1.29 is 22.3 Å². The first-order chi connectivity index (χ1) is 13.1. The number of morpholine rings is 1. The lowest BCUT2D eigenvalue weighted by Crippen LogP contribution is -2.44. The number of sulfonamides is 1. The Kier molecular flexibility index (Phi) is 6.89. The maximum Gasteiger partial charge on any atom is 0.211 e. The number of ether oxygens (including phenoxy) is 2. The highest BCUT2D eigenvalue weighted by Crippen LogP contribution is 2.22. The number of furan rings is 1. The molecular weight excluding hydrogens is 368 g/mol. The zero-order valence-corrected chi connectivity index (χ0v) is 16.3. The van der Waals surface area contributed by atoms with E-state index in [4.69, 9.17) is 13.9 Å². The minimum absolute atomic E-state index is 0.0220. The maximum atomic E-state index is 12.5. The van der Waals surface area contributed by atoms with Gasteiger partial charge in [-0.1, -0.05) is 12.1 Å². The molecule has 1 aromatic carbocycles. The van der Waals surface area contributed by atoms with Crippen molar-refractivity contribution in [1.29, 1.82) is 0 Å². The summed E-state index contributed by atoms with van der Waals surface area (Å²) in [5.41, 5.74) is 0.926. The van der Waals surface area contributed by atoms with E-state index < -0.39 is 10.0 Å². The van der Waals surface area contributed by atoms with Crippen molar-refractivity contribution in [2.45, 2.75) is 12.5 Å². The van der Waals surface area contributed by atoms with Crippen LogP contribution in [0.3, 0.4) is 0 Å². The predicted molar refractivity (Wildman–Crippen MR) is 102 cm³/mol. The number of nitrogens with zero attached hydrogens (tertiary/aromatic N) is 1. The van der Waals surface area contributed by atoms with Crippen molar-refractivity contribution in [3.8, 4) is 5.75 Å². The van der Waals surface area contributed by atoms with Gasteiger partial charge in [0.05, 0.1) is 38.4 Å². The van der Waals surface area contributed by atoms with Crippen molar-refractivity contribution in [1.82, 2.24) is 9.62 Å². The molecule has 0 aliphatic carbocycles. The van der Waals surface area contributed by atoms with Crippen LogP contribution in [0, 0.1) is 0 Å². The number of rotatable bonds is 9. The van der Waals surface area contributed by atoms with Gasteiger partial charge in [-0.25, -0.2) is 13.1 Å². The summed E-state index contributed by atoms with van der Waals surface area (Å²) in [6.45, 7) is 3.04. The first kappa shape index (κ1) is 19.9. The van der Waals surface area contributed by atoms with Crippen LogP contribution in [0.25, 0.3) is 0 Å². The highest BCUT2D eigenvalue weighted by Gasteiger charge is 2.26. The minimum atomic E-state index is -3.41. The number of nitrogens with one attached hydrogen (secondary N) is 1. The normalized spacial score (nSPS) is 16.9. The van der Waals surface area contributed by atoms with Crippen LogP contribution in [0.5, 0.6) is 5.75 Å². The molecule has 0 saturated carbocycles. The van der Waals surface area contributed by atoms with E-state index in [1.807, 2.05) is 36.4 Å². The summed E-state index contributed by atoms with van der Waals surface area (Å²) in [4.78, 5) is 2.19. The van der Waals surface area contributed by atoms with Gasteiger partial charge in [0.2, 0.25) is 10.0 Å². The molecule has 2 aromatic rings. The predicted octanol–water partition coefficient (Wildman–Crippen LogP) is 1.82. The molecule has 2 heterocycles. The Bertz CT molecular complexity index is 801. The molecule has 148 valence electrons. The largest absolute Gasteiger partial charge is 0.497 e. The van der Waals surface area contributed by atoms with E-state index in [9.17, 15) is 8.42 Å². The second kappa shape index (κ2) is 9.36. The number of hydrogen-bond acceptors (Lipinski definition) is 6. The van der Waals surface area contributed by atoms with Gasteiger partial charge in [0.15, 0.2) is 0 Å². The molecule has 0 amide bonds. The Morgan fingerprint density at radius 3 is 2.74 bits per heavy atom. The van der Waals surface area contributed by atoms with Crippen LogP contribution in [-0.2, 0) is 21.2 Å². The Labute approximate surface area is 160 Å². The lowest BCUT2D eigenvalue weighted by molar-refractivity contribution is 0.0128. The SMILES string of the molecule is COc1cccc(CCS(=O)(=O)NCC(c2ccco2)N2CCOCC2)c1. The zero-order chi connectivity index (χ0) is 19.1. The lowest BCUT2D eigenvalue weighted by atomic mass is 10.2. The summed E-state index contributed by atoms with van der Waals surface area (Å²) in [5, 5.41) is 0. The van der Waals surface area contributed by atoms with Gasteiger partial charge in [-0.3, -0.25) is 4.90 Å². The summed E-state index contributed by atoms with van der Waals surface area (Å²) in [5.74, 6) is 1.50. The molecule has 0 radical (unpaired) electrons. The van der Waals surface area contributed by atoms with E-state index in [1.165, 1.54) is 0 Å². The van der Waals surface area contributed by atoms with Gasteiger partial charge >= 0.3 is 0 Å². The Morgan fingerprint density at radius 1 is 1.22 bits per heavy atom. The van der Waals surface area contributed by atoms with Gasteiger partial charge < -0.3 is 13.9 Å². The topological polar surface area (TPSA) is 81.0 Å². The third kappa shape index (κ3) is 5.80. The number of hydrogen-bond donors (Lipinski definition) is 1. The molecular formula is C19H26N2O5S. The van der Waals surface area contributed by atoms with E-state index in [0.29, 0.717) is 19.6 Å². The third-order valence-electron chi connectivity index (χ3n) is 4.65. The van der Waals surface area contributed by atoms with E-state index in [-0.39, 0.29) is 18.3 Å². The molecule has 1 unspecified atom stereocenters. The molecule has 7 nitrogen and oxygen atoms in total. The molecule has 1 aromatic heterocycles. The molecule has 0 spiro atoms. The number of methoxy groups -OCH3 is 1. The highest BCUT2D eigenvalue weighted by molar-refractivity contribution is 7.89. The summed E-state index contributed by atoms with van der Waals surface area (Å²) < 4.78 is 43.9. The van der Waals surface area contributed by atoms with Gasteiger partial charge in [0.1, 0.15) is 11.5 Å². The van der Waals surface area contributed by atoms with Gasteiger partial charge in [0, 0.05) is 19.6 Å². The van der Waals surface area contributed by atoms with Crippen molar-refractivity contribution >= 4 is 10.0 Å². The van der Waals surface area contributed by atoms with Gasteiger partial charge in [0.25, 0.3) is 0 Å². The van der Waals surface area contributed by atoms with E-state index in [0.717, 1.165) is 30.2 Å². The Balaban J connectivity index is 1.59. The van der Waals surface area contributed by atoms with Crippen LogP contribution in [0.15, 0.2) is 47.1 Å². The molecule has 0 bridgehead atoms. The first-order valence-corrected chi connectivity index (χ1v) is 10.7. The van der Waals surface area contributed by atoms with Crippen molar-refractivity contribution in [2.75, 3.05) is 45.7 Å². The second-order valence-electron chi connectivity index (χ2n) is 6.45. The van der Waals surface area contributed by atoms with Crippen LogP contribution in [0.4, 0.5) is 0 Å². The fourth-order valence-electron chi connectivity index (χ4n) is 3.14. The van der Waals surface area contributed by atoms with Gasteiger partial charge in [-0.15, -0.1) is 0 Å². The average molecular weight is 394 g/mol. The standard InChI is InChI=1S/C19H26N2O5S/c1-24-17-5-2-4-16(14-17)7-13-27(22,23)20-15-18(19-6-3-10-26-19)21-8-11-25-12-9-21/h2-6,10,14,18,20H,7-9,11-13,15H2,1H3. The molecule has 1 fully saturated rings. The molecule has 8 heteroatoms. The molecule has 3 rings (SSSR count). The van der Waals surface area contributed by atoms with Crippen LogP contribution in [0.2, 0.25) is 0 Å². The van der Waals surface area contributed by atoms with Crippen molar-refractivity contribution in [2.24, 2.45) is 0 Å². The van der Waals surface area contributed by atoms with E-state index in [1.54, 1.807) is 13.4 Å². The summed E-state index contributed by atoms with van der Waals surface area (Å²) in [6.07, 6.45) is 2.04. The molecule has 27 heavy (non-hydrogen) atoms. The summed E-state index contributed by atoms with van der Waals surface area (Å²) in [6, 6.07) is 11.0. The van der Waals surface area contributed by atoms with Crippen molar-refractivity contribution in [3.63, 3.8) is 0 Å². The smallest absolute Gasteiger partial charge is 0.211 e. The Morgan fingerprint density at radius 2 is 2.04 bits per heavy atom. The zero-order valence-electron chi connectivity index (χ0n) is 15.5. The van der Waals surface area contributed by atoms with Crippen LogP contribution < -0.4 is 9.46 Å².